The van der Waals surface area contributed by atoms with Crippen molar-refractivity contribution in [3.63, 3.8) is 0 Å². The van der Waals surface area contributed by atoms with E-state index in [1.165, 1.54) is 0 Å². The number of thioether (sulfide) groups is 1. The third-order valence-electron chi connectivity index (χ3n) is 1.80. The fourth-order valence-corrected chi connectivity index (χ4v) is 1.48. The van der Waals surface area contributed by atoms with Gasteiger partial charge in [0.25, 0.3) is 0 Å². The Morgan fingerprint density at radius 3 is 2.93 bits per heavy atom. The van der Waals surface area contributed by atoms with Crippen molar-refractivity contribution < 1.29 is 5.11 Å². The molecule has 1 aromatic rings. The Kier molecular flexibility index (Phi) is 5.15. The van der Waals surface area contributed by atoms with E-state index >= 15 is 0 Å². The van der Waals surface area contributed by atoms with E-state index in [0.717, 1.165) is 24.3 Å². The molecule has 0 aliphatic rings. The van der Waals surface area contributed by atoms with E-state index < -0.39 is 0 Å². The summed E-state index contributed by atoms with van der Waals surface area (Å²) in [7, 11) is 0. The topological polar surface area (TPSA) is 32.6 Å². The maximum Gasteiger partial charge on any atom is 0.124 e. The molecule has 2 nitrogen and oxygen atoms in total. The Morgan fingerprint density at radius 1 is 1.43 bits per heavy atom. The fraction of sp³-hybridized carbons (Fsp3) is 0.364. The van der Waals surface area contributed by atoms with E-state index in [0.29, 0.717) is 5.75 Å². The molecule has 0 unspecified atom stereocenters. The number of benzene rings is 1. The molecule has 0 radical (unpaired) electrons. The Hall–Kier alpha value is -0.960. The minimum absolute atomic E-state index is 0.293. The molecule has 0 heterocycles. The summed E-state index contributed by atoms with van der Waals surface area (Å²) in [5.74, 6) is 1.43. The first-order chi connectivity index (χ1) is 6.84. The largest absolute Gasteiger partial charge is 0.507 e. The van der Waals surface area contributed by atoms with Crippen LogP contribution >= 0.6 is 11.8 Å². The van der Waals surface area contributed by atoms with Gasteiger partial charge >= 0.3 is 0 Å². The fourth-order valence-electron chi connectivity index (χ4n) is 1.06. The molecule has 0 saturated carbocycles. The van der Waals surface area contributed by atoms with E-state index in [4.69, 9.17) is 0 Å². The summed E-state index contributed by atoms with van der Waals surface area (Å²) in [4.78, 5) is 4.24. The summed E-state index contributed by atoms with van der Waals surface area (Å²) in [6.07, 6.45) is 4.91. The number of aliphatic imine (C=N–C) groups is 1. The molecule has 0 atom stereocenters. The van der Waals surface area contributed by atoms with Crippen molar-refractivity contribution in [2.24, 2.45) is 4.99 Å². The summed E-state index contributed by atoms with van der Waals surface area (Å²) in [6.45, 7) is 0.829. The normalized spacial score (nSPS) is 10.9. The second kappa shape index (κ2) is 6.49. The number of nitrogens with zero attached hydrogens (tertiary/aromatic N) is 1. The van der Waals surface area contributed by atoms with Gasteiger partial charge in [-0.2, -0.15) is 11.8 Å². The summed E-state index contributed by atoms with van der Waals surface area (Å²) >= 11 is 1.83. The van der Waals surface area contributed by atoms with Gasteiger partial charge < -0.3 is 5.11 Å². The predicted octanol–water partition coefficient (Wildman–Crippen LogP) is 2.56. The minimum atomic E-state index is 0.293. The van der Waals surface area contributed by atoms with Gasteiger partial charge in [-0.25, -0.2) is 0 Å². The molecule has 3 heteroatoms. The van der Waals surface area contributed by atoms with Gasteiger partial charge in [0.05, 0.1) is 0 Å². The van der Waals surface area contributed by atoms with Crippen LogP contribution in [-0.4, -0.2) is 29.9 Å². The second-order valence-electron chi connectivity index (χ2n) is 2.94. The SMILES string of the molecule is CSCCCN=Cc1ccccc1O. The molecule has 0 amide bonds. The van der Waals surface area contributed by atoms with Crippen LogP contribution < -0.4 is 0 Å². The van der Waals surface area contributed by atoms with Crippen LogP contribution in [0, 0.1) is 0 Å². The van der Waals surface area contributed by atoms with E-state index in [1.54, 1.807) is 18.3 Å². The van der Waals surface area contributed by atoms with Crippen LogP contribution in [0.5, 0.6) is 5.75 Å². The number of hydrogen-bond acceptors (Lipinski definition) is 3. The molecule has 0 bridgehead atoms. The zero-order valence-electron chi connectivity index (χ0n) is 8.31. The van der Waals surface area contributed by atoms with Crippen molar-refractivity contribution >= 4 is 18.0 Å². The quantitative estimate of drug-likeness (QED) is 0.597. The number of rotatable bonds is 5. The Balaban J connectivity index is 2.40. The van der Waals surface area contributed by atoms with Gasteiger partial charge in [-0.1, -0.05) is 12.1 Å². The third-order valence-corrected chi connectivity index (χ3v) is 2.50. The van der Waals surface area contributed by atoms with Crippen molar-refractivity contribution in [3.05, 3.63) is 29.8 Å². The lowest BCUT2D eigenvalue weighted by molar-refractivity contribution is 0.474. The van der Waals surface area contributed by atoms with E-state index in [1.807, 2.05) is 23.9 Å². The van der Waals surface area contributed by atoms with E-state index in [9.17, 15) is 5.11 Å². The van der Waals surface area contributed by atoms with Gasteiger partial charge in [0.15, 0.2) is 0 Å². The summed E-state index contributed by atoms with van der Waals surface area (Å²) in [6, 6.07) is 7.22. The molecule has 1 aromatic carbocycles. The van der Waals surface area contributed by atoms with Gasteiger partial charge in [-0.15, -0.1) is 0 Å². The number of hydrogen-bond donors (Lipinski definition) is 1. The molecule has 0 spiro atoms. The number of phenols is 1. The number of aromatic hydroxyl groups is 1. The monoisotopic (exact) mass is 209 g/mol. The Bertz CT molecular complexity index is 299. The second-order valence-corrected chi connectivity index (χ2v) is 3.93. The van der Waals surface area contributed by atoms with Crippen molar-refractivity contribution in [2.45, 2.75) is 6.42 Å². The van der Waals surface area contributed by atoms with Crippen LogP contribution in [0.1, 0.15) is 12.0 Å². The molecular weight excluding hydrogens is 194 g/mol. The molecule has 76 valence electrons. The Morgan fingerprint density at radius 2 is 2.21 bits per heavy atom. The van der Waals surface area contributed by atoms with Gasteiger partial charge in [-0.3, -0.25) is 4.99 Å². The summed E-state index contributed by atoms with van der Waals surface area (Å²) < 4.78 is 0. The highest BCUT2D eigenvalue weighted by Crippen LogP contribution is 2.12. The van der Waals surface area contributed by atoms with Crippen LogP contribution in [0.25, 0.3) is 0 Å². The van der Waals surface area contributed by atoms with Crippen LogP contribution in [0.4, 0.5) is 0 Å². The standard InChI is InChI=1S/C11H15NOS/c1-14-8-4-7-12-9-10-5-2-3-6-11(10)13/h2-3,5-6,9,13H,4,7-8H2,1H3. The maximum absolute atomic E-state index is 9.42. The first kappa shape index (κ1) is 11.1. The third kappa shape index (κ3) is 3.83. The lowest BCUT2D eigenvalue weighted by atomic mass is 10.2. The first-order valence-electron chi connectivity index (χ1n) is 4.61. The zero-order valence-corrected chi connectivity index (χ0v) is 9.13. The van der Waals surface area contributed by atoms with Gasteiger partial charge in [-0.05, 0) is 30.6 Å². The van der Waals surface area contributed by atoms with Crippen molar-refractivity contribution in [1.29, 1.82) is 0 Å². The smallest absolute Gasteiger partial charge is 0.124 e. The molecule has 0 aliphatic heterocycles. The zero-order chi connectivity index (χ0) is 10.2. The molecule has 0 aromatic heterocycles. The van der Waals surface area contributed by atoms with Crippen LogP contribution in [-0.2, 0) is 0 Å². The van der Waals surface area contributed by atoms with Crippen molar-refractivity contribution in [2.75, 3.05) is 18.6 Å². The highest BCUT2D eigenvalue weighted by molar-refractivity contribution is 7.98. The van der Waals surface area contributed by atoms with Gasteiger partial charge in [0.1, 0.15) is 5.75 Å². The molecule has 1 N–H and O–H groups in total. The molecule has 0 aliphatic carbocycles. The lowest BCUT2D eigenvalue weighted by Crippen LogP contribution is -1.87. The summed E-state index contributed by atoms with van der Waals surface area (Å²) in [5, 5.41) is 9.42. The van der Waals surface area contributed by atoms with Crippen LogP contribution in [0.3, 0.4) is 0 Å². The highest BCUT2D eigenvalue weighted by atomic mass is 32.2. The average Bonchev–Trinajstić information content (AvgIpc) is 2.20. The molecule has 0 saturated heterocycles. The van der Waals surface area contributed by atoms with Crippen molar-refractivity contribution in [3.8, 4) is 5.75 Å². The summed E-state index contributed by atoms with van der Waals surface area (Å²) in [5.41, 5.74) is 0.789. The van der Waals surface area contributed by atoms with Crippen molar-refractivity contribution in [1.82, 2.24) is 0 Å². The predicted molar refractivity (Wildman–Crippen MR) is 63.6 cm³/mol. The maximum atomic E-state index is 9.42. The first-order valence-corrected chi connectivity index (χ1v) is 6.00. The van der Waals surface area contributed by atoms with Gasteiger partial charge in [0, 0.05) is 18.3 Å². The van der Waals surface area contributed by atoms with E-state index in [-0.39, 0.29) is 0 Å². The minimum Gasteiger partial charge on any atom is -0.507 e. The van der Waals surface area contributed by atoms with Gasteiger partial charge in [0.2, 0.25) is 0 Å². The van der Waals surface area contributed by atoms with Crippen LogP contribution in [0.15, 0.2) is 29.3 Å². The average molecular weight is 209 g/mol. The number of phenolic OH excluding ortho intramolecular Hbond substituents is 1. The van der Waals surface area contributed by atoms with Crippen LogP contribution in [0.2, 0.25) is 0 Å². The molecule has 0 fully saturated rings. The molecular formula is C11H15NOS. The molecule has 1 rings (SSSR count). The van der Waals surface area contributed by atoms with E-state index in [2.05, 4.69) is 11.2 Å². The molecule has 14 heavy (non-hydrogen) atoms. The Labute approximate surface area is 89.1 Å². The number of para-hydroxylation sites is 1. The highest BCUT2D eigenvalue weighted by Gasteiger charge is 1.93. The lowest BCUT2D eigenvalue weighted by Gasteiger charge is -1.96.